The molecule has 0 aliphatic heterocycles. The number of benzene rings is 1. The van der Waals surface area contributed by atoms with Crippen LogP contribution in [0.3, 0.4) is 0 Å². The SMILES string of the molecule is CCCOc1ccc(S(C)(=O)=O)cc1-c1cn(C)c(=O)c2ocnc12. The van der Waals surface area contributed by atoms with Crippen LogP contribution in [0.5, 0.6) is 5.75 Å². The molecule has 8 heteroatoms. The second-order valence-electron chi connectivity index (χ2n) is 5.77. The number of nitrogens with zero attached hydrogens (tertiary/aromatic N) is 2. The van der Waals surface area contributed by atoms with Crippen molar-refractivity contribution in [2.75, 3.05) is 12.9 Å². The van der Waals surface area contributed by atoms with E-state index in [1.54, 1.807) is 19.3 Å². The maximum atomic E-state index is 12.2. The Kier molecular flexibility index (Phi) is 4.38. The number of rotatable bonds is 5. The lowest BCUT2D eigenvalue weighted by atomic mass is 10.1. The number of fused-ring (bicyclic) bond motifs is 1. The Bertz CT molecular complexity index is 1100. The van der Waals surface area contributed by atoms with Gasteiger partial charge in [0.25, 0.3) is 5.56 Å². The first-order valence-electron chi connectivity index (χ1n) is 7.73. The molecule has 1 aromatic carbocycles. The molecular weight excluding hydrogens is 344 g/mol. The Morgan fingerprint density at radius 3 is 2.72 bits per heavy atom. The van der Waals surface area contributed by atoms with E-state index >= 15 is 0 Å². The van der Waals surface area contributed by atoms with Crippen molar-refractivity contribution in [3.05, 3.63) is 41.1 Å². The zero-order chi connectivity index (χ0) is 18.2. The van der Waals surface area contributed by atoms with E-state index in [-0.39, 0.29) is 16.0 Å². The van der Waals surface area contributed by atoms with E-state index in [0.29, 0.717) is 29.0 Å². The number of aryl methyl sites for hydroxylation is 1. The minimum absolute atomic E-state index is 0.117. The topological polar surface area (TPSA) is 91.4 Å². The number of pyridine rings is 1. The first-order valence-corrected chi connectivity index (χ1v) is 9.62. The summed E-state index contributed by atoms with van der Waals surface area (Å²) in [5.41, 5.74) is 1.29. The summed E-state index contributed by atoms with van der Waals surface area (Å²) >= 11 is 0. The molecule has 25 heavy (non-hydrogen) atoms. The van der Waals surface area contributed by atoms with Crippen LogP contribution in [0.4, 0.5) is 0 Å². The normalized spacial score (nSPS) is 11.8. The summed E-state index contributed by atoms with van der Waals surface area (Å²) in [5.74, 6) is 0.525. The van der Waals surface area contributed by atoms with Crippen LogP contribution in [0.25, 0.3) is 22.2 Å². The molecule has 0 unspecified atom stereocenters. The average molecular weight is 362 g/mol. The summed E-state index contributed by atoms with van der Waals surface area (Å²) in [6.07, 6.45) is 4.75. The van der Waals surface area contributed by atoms with Gasteiger partial charge >= 0.3 is 0 Å². The lowest BCUT2D eigenvalue weighted by Crippen LogP contribution is -2.16. The number of ether oxygens (including phenoxy) is 1. The van der Waals surface area contributed by atoms with E-state index in [4.69, 9.17) is 9.15 Å². The van der Waals surface area contributed by atoms with Gasteiger partial charge in [0.1, 0.15) is 11.3 Å². The second-order valence-corrected chi connectivity index (χ2v) is 7.78. The molecule has 0 aliphatic rings. The van der Waals surface area contributed by atoms with Crippen molar-refractivity contribution in [3.63, 3.8) is 0 Å². The average Bonchev–Trinajstić information content (AvgIpc) is 3.05. The van der Waals surface area contributed by atoms with Gasteiger partial charge in [-0.2, -0.15) is 0 Å². The van der Waals surface area contributed by atoms with E-state index in [1.807, 2.05) is 6.92 Å². The number of oxazole rings is 1. The molecule has 0 N–H and O–H groups in total. The monoisotopic (exact) mass is 362 g/mol. The fraction of sp³-hybridized carbons (Fsp3) is 0.294. The lowest BCUT2D eigenvalue weighted by Gasteiger charge is -2.13. The summed E-state index contributed by atoms with van der Waals surface area (Å²) in [7, 11) is -1.80. The molecular formula is C17H18N2O5S. The number of sulfone groups is 1. The first kappa shape index (κ1) is 17.2. The third kappa shape index (κ3) is 3.17. The Morgan fingerprint density at radius 1 is 1.28 bits per heavy atom. The molecule has 0 spiro atoms. The maximum Gasteiger partial charge on any atom is 0.295 e. The van der Waals surface area contributed by atoms with Crippen LogP contribution in [-0.2, 0) is 16.9 Å². The van der Waals surface area contributed by atoms with Gasteiger partial charge in [0.15, 0.2) is 16.2 Å². The summed E-state index contributed by atoms with van der Waals surface area (Å²) < 4.78 is 36.2. The molecule has 2 aromatic heterocycles. The predicted octanol–water partition coefficient (Wildman–Crippen LogP) is 2.39. The van der Waals surface area contributed by atoms with Crippen LogP contribution < -0.4 is 10.3 Å². The van der Waals surface area contributed by atoms with E-state index < -0.39 is 9.84 Å². The molecule has 0 saturated carbocycles. The summed E-state index contributed by atoms with van der Waals surface area (Å²) in [6, 6.07) is 4.67. The standard InChI is InChI=1S/C17H18N2O5S/c1-4-7-23-14-6-5-11(25(3,21)22)8-12(14)13-9-19(2)17(20)16-15(13)18-10-24-16/h5-6,8-10H,4,7H2,1-3H3. The van der Waals surface area contributed by atoms with Crippen molar-refractivity contribution >= 4 is 20.9 Å². The molecule has 0 aliphatic carbocycles. The van der Waals surface area contributed by atoms with Crippen molar-refractivity contribution in [2.24, 2.45) is 7.05 Å². The zero-order valence-corrected chi connectivity index (χ0v) is 15.0. The molecule has 0 saturated heterocycles. The highest BCUT2D eigenvalue weighted by Crippen LogP contribution is 2.35. The van der Waals surface area contributed by atoms with E-state index in [0.717, 1.165) is 12.7 Å². The van der Waals surface area contributed by atoms with Gasteiger partial charge in [-0.05, 0) is 24.6 Å². The largest absolute Gasteiger partial charge is 0.493 e. The maximum absolute atomic E-state index is 12.2. The smallest absolute Gasteiger partial charge is 0.295 e. The van der Waals surface area contributed by atoms with Crippen molar-refractivity contribution in [1.29, 1.82) is 0 Å². The molecule has 3 aromatic rings. The molecule has 0 atom stereocenters. The summed E-state index contributed by atoms with van der Waals surface area (Å²) in [6.45, 7) is 2.46. The van der Waals surface area contributed by atoms with Crippen LogP contribution in [0, 0.1) is 0 Å². The fourth-order valence-electron chi connectivity index (χ4n) is 2.55. The summed E-state index contributed by atoms with van der Waals surface area (Å²) in [4.78, 5) is 16.4. The molecule has 0 amide bonds. The predicted molar refractivity (Wildman–Crippen MR) is 93.6 cm³/mol. The van der Waals surface area contributed by atoms with E-state index in [9.17, 15) is 13.2 Å². The van der Waals surface area contributed by atoms with Crippen LogP contribution in [0.2, 0.25) is 0 Å². The highest BCUT2D eigenvalue weighted by molar-refractivity contribution is 7.90. The van der Waals surface area contributed by atoms with E-state index in [1.165, 1.54) is 23.1 Å². The molecule has 2 heterocycles. The third-order valence-corrected chi connectivity index (χ3v) is 4.90. The Morgan fingerprint density at radius 2 is 2.04 bits per heavy atom. The molecule has 3 rings (SSSR count). The first-order chi connectivity index (χ1) is 11.8. The number of hydrogen-bond acceptors (Lipinski definition) is 6. The molecule has 132 valence electrons. The van der Waals surface area contributed by atoms with Gasteiger partial charge in [0, 0.05) is 30.6 Å². The van der Waals surface area contributed by atoms with Gasteiger partial charge in [-0.25, -0.2) is 13.4 Å². The minimum Gasteiger partial charge on any atom is -0.493 e. The van der Waals surface area contributed by atoms with Crippen molar-refractivity contribution in [2.45, 2.75) is 18.2 Å². The molecule has 0 bridgehead atoms. The fourth-order valence-corrected chi connectivity index (χ4v) is 3.20. The lowest BCUT2D eigenvalue weighted by molar-refractivity contribution is 0.318. The van der Waals surface area contributed by atoms with Gasteiger partial charge in [-0.15, -0.1) is 0 Å². The van der Waals surface area contributed by atoms with Gasteiger partial charge in [-0.3, -0.25) is 4.79 Å². The Balaban J connectivity index is 2.33. The Labute approximate surface area is 144 Å². The van der Waals surface area contributed by atoms with E-state index in [2.05, 4.69) is 4.98 Å². The van der Waals surface area contributed by atoms with Gasteiger partial charge in [-0.1, -0.05) is 6.92 Å². The highest BCUT2D eigenvalue weighted by Gasteiger charge is 2.19. The number of hydrogen-bond donors (Lipinski definition) is 0. The summed E-state index contributed by atoms with van der Waals surface area (Å²) in [5, 5.41) is 0. The number of aromatic nitrogens is 2. The third-order valence-electron chi connectivity index (χ3n) is 3.79. The van der Waals surface area contributed by atoms with Crippen LogP contribution in [-0.4, -0.2) is 30.8 Å². The van der Waals surface area contributed by atoms with Crippen molar-refractivity contribution in [1.82, 2.24) is 9.55 Å². The molecule has 0 radical (unpaired) electrons. The quantitative estimate of drug-likeness (QED) is 0.692. The molecule has 0 fully saturated rings. The van der Waals surface area contributed by atoms with Crippen molar-refractivity contribution in [3.8, 4) is 16.9 Å². The van der Waals surface area contributed by atoms with Gasteiger partial charge in [0.2, 0.25) is 5.58 Å². The Hall–Kier alpha value is -2.61. The van der Waals surface area contributed by atoms with Crippen LogP contribution in [0.1, 0.15) is 13.3 Å². The second kappa shape index (κ2) is 6.36. The van der Waals surface area contributed by atoms with Gasteiger partial charge in [0.05, 0.1) is 11.5 Å². The highest BCUT2D eigenvalue weighted by atomic mass is 32.2. The van der Waals surface area contributed by atoms with Crippen LogP contribution in [0.15, 0.2) is 44.9 Å². The van der Waals surface area contributed by atoms with Crippen molar-refractivity contribution < 1.29 is 17.6 Å². The minimum atomic E-state index is -3.40. The zero-order valence-electron chi connectivity index (χ0n) is 14.1. The van der Waals surface area contributed by atoms with Gasteiger partial charge < -0.3 is 13.7 Å². The van der Waals surface area contributed by atoms with Crippen LogP contribution >= 0.6 is 0 Å². The molecule has 7 nitrogen and oxygen atoms in total.